The third-order valence-electron chi connectivity index (χ3n) is 1.29. The maximum Gasteiger partial charge on any atom is 1.00 e. The molecule has 1 N–H and O–H groups in total. The molecule has 0 heterocycles. The van der Waals surface area contributed by atoms with Crippen molar-refractivity contribution < 1.29 is 44.3 Å². The Balaban J connectivity index is 0. The van der Waals surface area contributed by atoms with Crippen molar-refractivity contribution >= 4 is 20.1 Å². The third kappa shape index (κ3) is 6.92. The Hall–Kier alpha value is -1.09. The molecule has 0 saturated heterocycles. The van der Waals surface area contributed by atoms with Crippen LogP contribution in [0.15, 0.2) is 24.3 Å². The number of benzene rings is 1. The van der Waals surface area contributed by atoms with Crippen molar-refractivity contribution in [3.8, 4) is 5.97 Å². The molecule has 0 saturated carbocycles. The van der Waals surface area contributed by atoms with E-state index in [1.807, 2.05) is 5.97 Å². The van der Waals surface area contributed by atoms with Crippen molar-refractivity contribution in [3.63, 3.8) is 0 Å². The number of rotatable bonds is 2. The topological polar surface area (TPSA) is 78.2 Å². The van der Waals surface area contributed by atoms with Gasteiger partial charge in [-0.15, -0.1) is 0 Å². The van der Waals surface area contributed by atoms with Gasteiger partial charge in [-0.25, -0.2) is 4.79 Å². The standard InChI is InChI=1S/C8H6O3.CH3BN.Na/c9-5-6-1-3-7(4-2-6)8(10)11;2-1-3;/h1-5H,(H,10,11);2H3;/q;-1;+1. The first kappa shape index (κ1) is 16.3. The fourth-order valence-electron chi connectivity index (χ4n) is 0.704. The van der Waals surface area contributed by atoms with Crippen LogP contribution in [-0.4, -0.2) is 25.2 Å². The van der Waals surface area contributed by atoms with E-state index in [1.54, 1.807) is 0 Å². The number of carboxylic acids is 1. The molecule has 72 valence electrons. The molecule has 0 atom stereocenters. The molecule has 1 rings (SSSR count). The maximum atomic E-state index is 10.3. The van der Waals surface area contributed by atoms with Gasteiger partial charge in [0.2, 0.25) is 0 Å². The molecular weight excluding hydrogens is 204 g/mol. The molecule has 4 nitrogen and oxygen atoms in total. The molecule has 1 aromatic rings. The van der Waals surface area contributed by atoms with Crippen LogP contribution in [0.5, 0.6) is 0 Å². The number of nitriles is 1. The van der Waals surface area contributed by atoms with Crippen LogP contribution in [0.3, 0.4) is 0 Å². The normalized spacial score (nSPS) is 7.20. The van der Waals surface area contributed by atoms with Gasteiger partial charge in [0.15, 0.2) is 0 Å². The number of carbonyl (C=O) groups excluding carboxylic acids is 1. The summed E-state index contributed by atoms with van der Waals surface area (Å²) in [6.07, 6.45) is 0.672. The molecule has 1 aromatic carbocycles. The van der Waals surface area contributed by atoms with E-state index in [0.29, 0.717) is 11.8 Å². The molecular formula is C9H9BNNaO3. The van der Waals surface area contributed by atoms with E-state index < -0.39 is 5.97 Å². The van der Waals surface area contributed by atoms with E-state index in [1.165, 1.54) is 24.3 Å². The van der Waals surface area contributed by atoms with Crippen LogP contribution in [0, 0.1) is 11.2 Å². The molecule has 15 heavy (non-hydrogen) atoms. The average Bonchev–Trinajstić information content (AvgIpc) is 2.19. The molecule has 0 unspecified atom stereocenters. The van der Waals surface area contributed by atoms with Crippen LogP contribution >= 0.6 is 0 Å². The summed E-state index contributed by atoms with van der Waals surface area (Å²) in [7, 11) is 0.0694. The summed E-state index contributed by atoms with van der Waals surface area (Å²) >= 11 is 0. The van der Waals surface area contributed by atoms with E-state index in [-0.39, 0.29) is 43.0 Å². The smallest absolute Gasteiger partial charge is 0.478 e. The van der Waals surface area contributed by atoms with Crippen molar-refractivity contribution in [1.82, 2.24) is 0 Å². The van der Waals surface area contributed by atoms with Gasteiger partial charge in [-0.2, -0.15) is 5.97 Å². The largest absolute Gasteiger partial charge is 1.00 e. The first-order valence-electron chi connectivity index (χ1n) is 3.25. The second kappa shape index (κ2) is 9.47. The van der Waals surface area contributed by atoms with Crippen molar-refractivity contribution in [3.05, 3.63) is 35.4 Å². The van der Waals surface area contributed by atoms with E-state index >= 15 is 0 Å². The number of aromatic carboxylic acids is 1. The first-order chi connectivity index (χ1) is 6.65. The van der Waals surface area contributed by atoms with Crippen LogP contribution in [0.4, 0.5) is 0 Å². The Bertz CT molecular complexity index is 359. The van der Waals surface area contributed by atoms with E-state index in [9.17, 15) is 9.59 Å². The Labute approximate surface area is 111 Å². The molecule has 6 heteroatoms. The number of carboxylic acid groups (broad SMARTS) is 1. The molecule has 0 bridgehead atoms. The summed E-state index contributed by atoms with van der Waals surface area (Å²) in [5.41, 5.74) is 0.672. The molecule has 0 fully saturated rings. The Kier molecular flexibility index (Phi) is 10.3. The molecule has 0 spiro atoms. The second-order valence-corrected chi connectivity index (χ2v) is 2.05. The van der Waals surface area contributed by atoms with Crippen LogP contribution in [0.2, 0.25) is 0 Å². The van der Waals surface area contributed by atoms with E-state index in [2.05, 4.69) is 0 Å². The number of aldehydes is 1. The minimum Gasteiger partial charge on any atom is -0.478 e. The number of carbonyl (C=O) groups is 2. The summed E-state index contributed by atoms with van der Waals surface area (Å²) in [4.78, 5) is 20.5. The van der Waals surface area contributed by atoms with Crippen molar-refractivity contribution in [2.45, 2.75) is 0 Å². The van der Waals surface area contributed by atoms with Crippen LogP contribution in [0.1, 0.15) is 20.7 Å². The summed E-state index contributed by atoms with van der Waals surface area (Å²) in [5, 5.41) is 15.9. The first-order valence-corrected chi connectivity index (χ1v) is 3.25. The van der Waals surface area contributed by atoms with Gasteiger partial charge in [0, 0.05) is 5.56 Å². The molecule has 0 radical (unpaired) electrons. The number of hydrogen-bond donors (Lipinski definition) is 1. The Morgan fingerprint density at radius 3 is 2.07 bits per heavy atom. The molecule has 0 aliphatic carbocycles. The number of hydrogen-bond acceptors (Lipinski definition) is 3. The van der Waals surface area contributed by atoms with Gasteiger partial charge in [-0.3, -0.25) is 10.1 Å². The monoisotopic (exact) mass is 213 g/mol. The van der Waals surface area contributed by atoms with Gasteiger partial charge in [0.25, 0.3) is 0 Å². The Morgan fingerprint density at radius 2 is 1.80 bits per heavy atom. The summed E-state index contributed by atoms with van der Waals surface area (Å²) < 4.78 is 0. The van der Waals surface area contributed by atoms with Crippen LogP contribution in [0.25, 0.3) is 0 Å². The van der Waals surface area contributed by atoms with Gasteiger partial charge in [-0.1, -0.05) is 12.1 Å². The minimum absolute atomic E-state index is 0. The predicted molar refractivity (Wildman–Crippen MR) is 54.3 cm³/mol. The SMILES string of the molecule is O=Cc1ccc(C(=O)O)cc1.[BH3-]C#N.[Na+]. The predicted octanol–water partition coefficient (Wildman–Crippen LogP) is -2.97. The summed E-state index contributed by atoms with van der Waals surface area (Å²) in [6, 6.07) is 5.73. The van der Waals surface area contributed by atoms with Gasteiger partial charge >= 0.3 is 35.5 Å². The maximum absolute atomic E-state index is 10.3. The van der Waals surface area contributed by atoms with Crippen molar-refractivity contribution in [1.29, 1.82) is 5.26 Å². The van der Waals surface area contributed by atoms with Crippen molar-refractivity contribution in [2.75, 3.05) is 0 Å². The second-order valence-electron chi connectivity index (χ2n) is 2.05. The summed E-state index contributed by atoms with van der Waals surface area (Å²) in [6.45, 7) is 0. The zero-order valence-electron chi connectivity index (χ0n) is 7.60. The zero-order valence-corrected chi connectivity index (χ0v) is 9.60. The minimum atomic E-state index is -0.984. The van der Waals surface area contributed by atoms with Gasteiger partial charge in [0.1, 0.15) is 6.29 Å². The average molecular weight is 213 g/mol. The molecule has 0 aliphatic rings. The summed E-state index contributed by atoms with van der Waals surface area (Å²) in [5.74, 6) is 1.02. The zero-order chi connectivity index (χ0) is 11.0. The van der Waals surface area contributed by atoms with E-state index in [0.717, 1.165) is 0 Å². The van der Waals surface area contributed by atoms with Crippen LogP contribution in [-0.2, 0) is 0 Å². The van der Waals surface area contributed by atoms with Crippen LogP contribution < -0.4 is 29.6 Å². The van der Waals surface area contributed by atoms with Crippen molar-refractivity contribution in [2.24, 2.45) is 0 Å². The third-order valence-corrected chi connectivity index (χ3v) is 1.29. The van der Waals surface area contributed by atoms with Gasteiger partial charge < -0.3 is 5.11 Å². The fraction of sp³-hybridized carbons (Fsp3) is 0. The van der Waals surface area contributed by atoms with E-state index in [4.69, 9.17) is 10.4 Å². The van der Waals surface area contributed by atoms with Gasteiger partial charge in [-0.05, 0) is 12.1 Å². The Morgan fingerprint density at radius 1 is 1.40 bits per heavy atom. The molecule has 0 aliphatic heterocycles. The van der Waals surface area contributed by atoms with Gasteiger partial charge in [0.05, 0.1) is 13.4 Å². The molecule has 0 amide bonds. The number of nitrogens with zero attached hydrogens (tertiary/aromatic N) is 1. The quantitative estimate of drug-likeness (QED) is 0.420. The molecule has 0 aromatic heterocycles. The fourth-order valence-corrected chi connectivity index (χ4v) is 0.704.